The van der Waals surface area contributed by atoms with E-state index in [0.29, 0.717) is 5.82 Å². The lowest BCUT2D eigenvalue weighted by Crippen LogP contribution is -2.39. The topological polar surface area (TPSA) is 42.4 Å². The van der Waals surface area contributed by atoms with Crippen molar-refractivity contribution in [1.82, 2.24) is 4.98 Å². The van der Waals surface area contributed by atoms with Crippen LogP contribution in [0.25, 0.3) is 0 Å². The van der Waals surface area contributed by atoms with E-state index in [4.69, 9.17) is 0 Å². The van der Waals surface area contributed by atoms with Gasteiger partial charge in [-0.15, -0.1) is 0 Å². The van der Waals surface area contributed by atoms with Crippen molar-refractivity contribution in [2.75, 3.05) is 25.1 Å². The molecule has 0 atom stereocenters. The van der Waals surface area contributed by atoms with E-state index in [1.54, 1.807) is 17.0 Å². The molecule has 0 unspecified atom stereocenters. The van der Waals surface area contributed by atoms with Crippen LogP contribution in [0.15, 0.2) is 12.1 Å². The van der Waals surface area contributed by atoms with E-state index < -0.39 is 11.9 Å². The molecule has 0 N–H and O–H groups in total. The lowest BCUT2D eigenvalue weighted by Gasteiger charge is -2.32. The average molecular weight is 270 g/mol. The van der Waals surface area contributed by atoms with Crippen molar-refractivity contribution in [3.8, 4) is 0 Å². The first kappa shape index (κ1) is 13.7. The molecule has 1 aromatic rings. The minimum Gasteiger partial charge on any atom is -0.464 e. The Morgan fingerprint density at radius 2 is 2.00 bits per heavy atom. The number of alkyl halides is 2. The van der Waals surface area contributed by atoms with Crippen molar-refractivity contribution < 1.29 is 18.3 Å². The predicted octanol–water partition coefficient (Wildman–Crippen LogP) is 2.41. The third-order valence-corrected chi connectivity index (χ3v) is 3.17. The van der Waals surface area contributed by atoms with E-state index in [2.05, 4.69) is 9.72 Å². The molecule has 6 heteroatoms. The normalized spacial score (nSPS) is 18.2. The van der Waals surface area contributed by atoms with Crippen LogP contribution in [0.1, 0.15) is 28.9 Å². The van der Waals surface area contributed by atoms with Crippen LogP contribution in [0, 0.1) is 6.92 Å². The molecule has 1 aliphatic rings. The summed E-state index contributed by atoms with van der Waals surface area (Å²) in [4.78, 5) is 17.4. The molecular formula is C13H16F2N2O2. The molecule has 4 nitrogen and oxygen atoms in total. The average Bonchev–Trinajstić information content (AvgIpc) is 2.37. The van der Waals surface area contributed by atoms with E-state index in [0.717, 1.165) is 5.56 Å². The fourth-order valence-corrected chi connectivity index (χ4v) is 2.08. The van der Waals surface area contributed by atoms with E-state index in [1.165, 1.54) is 7.11 Å². The molecule has 2 heterocycles. The molecule has 0 aromatic carbocycles. The number of methoxy groups -OCH3 is 1. The molecule has 0 saturated carbocycles. The van der Waals surface area contributed by atoms with Gasteiger partial charge >= 0.3 is 5.97 Å². The van der Waals surface area contributed by atoms with Gasteiger partial charge in [0.1, 0.15) is 5.82 Å². The van der Waals surface area contributed by atoms with Crippen LogP contribution in [0.4, 0.5) is 14.6 Å². The molecule has 19 heavy (non-hydrogen) atoms. The number of carbonyl (C=O) groups is 1. The van der Waals surface area contributed by atoms with Crippen molar-refractivity contribution >= 4 is 11.8 Å². The molecule has 1 aliphatic heterocycles. The van der Waals surface area contributed by atoms with Crippen LogP contribution in [0.3, 0.4) is 0 Å². The van der Waals surface area contributed by atoms with Gasteiger partial charge in [0.05, 0.1) is 7.11 Å². The van der Waals surface area contributed by atoms with Crippen molar-refractivity contribution in [2.24, 2.45) is 0 Å². The second-order valence-electron chi connectivity index (χ2n) is 4.72. The maximum Gasteiger partial charge on any atom is 0.356 e. The summed E-state index contributed by atoms with van der Waals surface area (Å²) in [7, 11) is 1.29. The first-order chi connectivity index (χ1) is 8.91. The predicted molar refractivity (Wildman–Crippen MR) is 66.7 cm³/mol. The Balaban J connectivity index is 2.21. The first-order valence-electron chi connectivity index (χ1n) is 6.11. The van der Waals surface area contributed by atoms with Gasteiger partial charge in [-0.05, 0) is 24.6 Å². The van der Waals surface area contributed by atoms with Crippen LogP contribution in [0.2, 0.25) is 0 Å². The zero-order valence-electron chi connectivity index (χ0n) is 10.9. The second-order valence-corrected chi connectivity index (χ2v) is 4.72. The van der Waals surface area contributed by atoms with Crippen molar-refractivity contribution in [2.45, 2.75) is 25.7 Å². The van der Waals surface area contributed by atoms with Gasteiger partial charge in [0.2, 0.25) is 0 Å². The summed E-state index contributed by atoms with van der Waals surface area (Å²) in [5.41, 5.74) is 1.05. The van der Waals surface area contributed by atoms with Gasteiger partial charge in [-0.3, -0.25) is 0 Å². The summed E-state index contributed by atoms with van der Waals surface area (Å²) in [6, 6.07) is 3.41. The summed E-state index contributed by atoms with van der Waals surface area (Å²) < 4.78 is 30.9. The SMILES string of the molecule is COC(=O)c1cc(C)cc(N2CCC(F)(F)CC2)n1. The number of hydrogen-bond donors (Lipinski definition) is 0. The standard InChI is InChI=1S/C13H16F2N2O2/c1-9-7-10(12(18)19-2)16-11(8-9)17-5-3-13(14,15)4-6-17/h7-8H,3-6H2,1-2H3. The quantitative estimate of drug-likeness (QED) is 0.774. The maximum absolute atomic E-state index is 13.1. The van der Waals surface area contributed by atoms with Gasteiger partial charge in [0.25, 0.3) is 5.92 Å². The molecule has 1 aromatic heterocycles. The van der Waals surface area contributed by atoms with E-state index in [1.807, 2.05) is 6.92 Å². The third-order valence-electron chi connectivity index (χ3n) is 3.17. The number of esters is 1. The number of aromatic nitrogens is 1. The maximum atomic E-state index is 13.1. The zero-order valence-corrected chi connectivity index (χ0v) is 10.9. The molecule has 1 saturated heterocycles. The molecule has 0 aliphatic carbocycles. The highest BCUT2D eigenvalue weighted by Gasteiger charge is 2.34. The van der Waals surface area contributed by atoms with Crippen LogP contribution < -0.4 is 4.90 Å². The highest BCUT2D eigenvalue weighted by Crippen LogP contribution is 2.30. The summed E-state index contributed by atoms with van der Waals surface area (Å²) in [6.45, 7) is 2.31. The minimum absolute atomic E-state index is 0.184. The highest BCUT2D eigenvalue weighted by atomic mass is 19.3. The monoisotopic (exact) mass is 270 g/mol. The Morgan fingerprint density at radius 3 is 2.58 bits per heavy atom. The molecule has 0 amide bonds. The van der Waals surface area contributed by atoms with Crippen molar-refractivity contribution in [3.05, 3.63) is 23.4 Å². The minimum atomic E-state index is -2.59. The fraction of sp³-hybridized carbons (Fsp3) is 0.538. The molecule has 0 spiro atoms. The Labute approximate surface area is 110 Å². The summed E-state index contributed by atoms with van der Waals surface area (Å²) in [5.74, 6) is -2.56. The summed E-state index contributed by atoms with van der Waals surface area (Å²) in [6.07, 6.45) is -0.369. The summed E-state index contributed by atoms with van der Waals surface area (Å²) in [5, 5.41) is 0. The largest absolute Gasteiger partial charge is 0.464 e. The third kappa shape index (κ3) is 3.19. The zero-order chi connectivity index (χ0) is 14.0. The number of pyridine rings is 1. The number of piperidine rings is 1. The molecule has 0 radical (unpaired) electrons. The second kappa shape index (κ2) is 5.11. The van der Waals surface area contributed by atoms with Gasteiger partial charge in [0, 0.05) is 25.9 Å². The van der Waals surface area contributed by atoms with Crippen LogP contribution in [0.5, 0.6) is 0 Å². The number of hydrogen-bond acceptors (Lipinski definition) is 4. The molecule has 104 valence electrons. The highest BCUT2D eigenvalue weighted by molar-refractivity contribution is 5.87. The first-order valence-corrected chi connectivity index (χ1v) is 6.11. The van der Waals surface area contributed by atoms with E-state index in [-0.39, 0.29) is 31.6 Å². The van der Waals surface area contributed by atoms with Crippen molar-refractivity contribution in [3.63, 3.8) is 0 Å². The number of aryl methyl sites for hydroxylation is 1. The molecule has 0 bridgehead atoms. The van der Waals surface area contributed by atoms with Gasteiger partial charge in [0.15, 0.2) is 5.69 Å². The number of nitrogens with zero attached hydrogens (tertiary/aromatic N) is 2. The van der Waals surface area contributed by atoms with E-state index >= 15 is 0 Å². The smallest absolute Gasteiger partial charge is 0.356 e. The Kier molecular flexibility index (Phi) is 3.68. The van der Waals surface area contributed by atoms with Crippen LogP contribution in [-0.2, 0) is 4.74 Å². The number of ether oxygens (including phenoxy) is 1. The van der Waals surface area contributed by atoms with Crippen molar-refractivity contribution in [1.29, 1.82) is 0 Å². The van der Waals surface area contributed by atoms with E-state index in [9.17, 15) is 13.6 Å². The molecule has 2 rings (SSSR count). The number of halogens is 2. The Bertz CT molecular complexity index is 482. The van der Waals surface area contributed by atoms with Gasteiger partial charge in [-0.25, -0.2) is 18.6 Å². The van der Waals surface area contributed by atoms with Crippen LogP contribution in [-0.4, -0.2) is 37.1 Å². The lowest BCUT2D eigenvalue weighted by molar-refractivity contribution is -0.0221. The fourth-order valence-electron chi connectivity index (χ4n) is 2.08. The summed E-state index contributed by atoms with van der Waals surface area (Å²) >= 11 is 0. The molecular weight excluding hydrogens is 254 g/mol. The molecule has 1 fully saturated rings. The number of anilines is 1. The number of carbonyl (C=O) groups excluding carboxylic acids is 1. The Morgan fingerprint density at radius 1 is 1.37 bits per heavy atom. The van der Waals surface area contributed by atoms with Gasteiger partial charge < -0.3 is 9.64 Å². The Hall–Kier alpha value is -1.72. The van der Waals surface area contributed by atoms with Crippen LogP contribution >= 0.6 is 0 Å². The lowest BCUT2D eigenvalue weighted by atomic mass is 10.1. The van der Waals surface area contributed by atoms with Gasteiger partial charge in [-0.2, -0.15) is 0 Å². The number of rotatable bonds is 2. The van der Waals surface area contributed by atoms with Gasteiger partial charge in [-0.1, -0.05) is 0 Å².